The molecular weight excluding hydrogens is 240 g/mol. The van der Waals surface area contributed by atoms with Crippen LogP contribution in [-0.2, 0) is 14.3 Å². The Kier molecular flexibility index (Phi) is 7.82. The molecule has 0 radical (unpaired) electrons. The predicted octanol–water partition coefficient (Wildman–Crippen LogP) is 0.798. The number of carbonyl (C=O) groups excluding carboxylic acids is 1. The molecule has 0 amide bonds. The number of ether oxygens (including phenoxy) is 1. The predicted molar refractivity (Wildman–Crippen MR) is 66.0 cm³/mol. The summed E-state index contributed by atoms with van der Waals surface area (Å²) in [7, 11) is 0. The number of carbonyl (C=O) groups is 2. The summed E-state index contributed by atoms with van der Waals surface area (Å²) in [6.45, 7) is 9.72. The van der Waals surface area contributed by atoms with Crippen molar-refractivity contribution in [3.63, 3.8) is 0 Å². The largest absolute Gasteiger partial charge is 0.479 e. The Labute approximate surface area is 108 Å². The zero-order chi connectivity index (χ0) is 15.1. The zero-order valence-electron chi connectivity index (χ0n) is 11.9. The summed E-state index contributed by atoms with van der Waals surface area (Å²) in [6, 6.07) is 0. The van der Waals surface area contributed by atoms with E-state index in [-0.39, 0.29) is 0 Å². The van der Waals surface area contributed by atoms with E-state index < -0.39 is 35.7 Å². The first kappa shape index (κ1) is 19.2. The van der Waals surface area contributed by atoms with Crippen LogP contribution in [0.2, 0.25) is 0 Å². The van der Waals surface area contributed by atoms with Gasteiger partial charge in [-0.2, -0.15) is 0 Å². The summed E-state index contributed by atoms with van der Waals surface area (Å²) < 4.78 is 4.70. The van der Waals surface area contributed by atoms with Crippen LogP contribution in [0.25, 0.3) is 0 Å². The lowest BCUT2D eigenvalue weighted by atomic mass is 9.89. The number of carboxylic acid groups (broad SMARTS) is 1. The highest BCUT2D eigenvalue weighted by molar-refractivity contribution is 5.72. The third-order valence-electron chi connectivity index (χ3n) is 1.60. The van der Waals surface area contributed by atoms with Gasteiger partial charge in [0, 0.05) is 0 Å². The summed E-state index contributed by atoms with van der Waals surface area (Å²) in [5, 5.41) is 25.4. The van der Waals surface area contributed by atoms with Gasteiger partial charge in [-0.1, -0.05) is 20.8 Å². The van der Waals surface area contributed by atoms with Gasteiger partial charge >= 0.3 is 11.9 Å². The van der Waals surface area contributed by atoms with Crippen LogP contribution in [0.4, 0.5) is 0 Å². The van der Waals surface area contributed by atoms with Gasteiger partial charge < -0.3 is 20.1 Å². The molecule has 0 aromatic heterocycles. The standard InChI is InChI=1S/2C6H12O3/c1-6(2,3)9-5(8)4-7;1-6(2,3)4(7)5(8)9/h7H,4H2,1-3H3;4,7H,1-3H3,(H,8,9). The third kappa shape index (κ3) is 11.3. The highest BCUT2D eigenvalue weighted by Gasteiger charge is 2.28. The van der Waals surface area contributed by atoms with Crippen LogP contribution in [0.5, 0.6) is 0 Å². The molecular formula is C12H24O6. The molecule has 0 saturated heterocycles. The number of esters is 1. The van der Waals surface area contributed by atoms with Crippen molar-refractivity contribution in [1.82, 2.24) is 0 Å². The molecule has 0 aliphatic heterocycles. The highest BCUT2D eigenvalue weighted by Crippen LogP contribution is 2.18. The molecule has 0 aliphatic carbocycles. The molecule has 0 aromatic rings. The van der Waals surface area contributed by atoms with Gasteiger partial charge in [-0.3, -0.25) is 0 Å². The van der Waals surface area contributed by atoms with Crippen molar-refractivity contribution in [2.24, 2.45) is 5.41 Å². The van der Waals surface area contributed by atoms with Crippen molar-refractivity contribution in [1.29, 1.82) is 0 Å². The molecule has 0 heterocycles. The SMILES string of the molecule is CC(C)(C)C(O)C(=O)O.CC(C)(C)OC(=O)CO. The summed E-state index contributed by atoms with van der Waals surface area (Å²) in [4.78, 5) is 20.5. The Balaban J connectivity index is 0. The molecule has 6 heteroatoms. The van der Waals surface area contributed by atoms with Crippen LogP contribution < -0.4 is 0 Å². The Morgan fingerprint density at radius 3 is 1.56 bits per heavy atom. The van der Waals surface area contributed by atoms with Crippen LogP contribution >= 0.6 is 0 Å². The van der Waals surface area contributed by atoms with Crippen molar-refractivity contribution in [2.75, 3.05) is 6.61 Å². The monoisotopic (exact) mass is 264 g/mol. The number of aliphatic carboxylic acids is 1. The first-order valence-electron chi connectivity index (χ1n) is 5.55. The summed E-state index contributed by atoms with van der Waals surface area (Å²) in [5.41, 5.74) is -1.05. The number of hydrogen-bond donors (Lipinski definition) is 3. The lowest BCUT2D eigenvalue weighted by Crippen LogP contribution is -2.33. The molecule has 6 nitrogen and oxygen atoms in total. The maximum absolute atomic E-state index is 10.4. The van der Waals surface area contributed by atoms with Gasteiger partial charge in [0.05, 0.1) is 0 Å². The number of rotatable bonds is 2. The van der Waals surface area contributed by atoms with Gasteiger partial charge in [0.2, 0.25) is 0 Å². The molecule has 0 spiro atoms. The van der Waals surface area contributed by atoms with Crippen molar-refractivity contribution in [2.45, 2.75) is 53.2 Å². The fourth-order valence-corrected chi connectivity index (χ4v) is 0.744. The number of hydrogen-bond acceptors (Lipinski definition) is 5. The van der Waals surface area contributed by atoms with E-state index >= 15 is 0 Å². The second-order valence-electron chi connectivity index (χ2n) is 5.85. The molecule has 3 N–H and O–H groups in total. The number of carboxylic acids is 1. The van der Waals surface area contributed by atoms with Crippen LogP contribution in [0, 0.1) is 5.41 Å². The molecule has 0 aliphatic rings. The first-order valence-corrected chi connectivity index (χ1v) is 5.55. The van der Waals surface area contributed by atoms with Crippen molar-refractivity contribution < 1.29 is 29.6 Å². The van der Waals surface area contributed by atoms with Gasteiger partial charge in [0.1, 0.15) is 12.2 Å². The average Bonchev–Trinajstić information content (AvgIpc) is 2.13. The van der Waals surface area contributed by atoms with Gasteiger partial charge in [-0.25, -0.2) is 9.59 Å². The second-order valence-corrected chi connectivity index (χ2v) is 5.85. The van der Waals surface area contributed by atoms with E-state index in [4.69, 9.17) is 20.1 Å². The Morgan fingerprint density at radius 1 is 1.11 bits per heavy atom. The average molecular weight is 264 g/mol. The smallest absolute Gasteiger partial charge is 0.333 e. The highest BCUT2D eigenvalue weighted by atomic mass is 16.6. The van der Waals surface area contributed by atoms with Crippen LogP contribution in [0.15, 0.2) is 0 Å². The van der Waals surface area contributed by atoms with Gasteiger partial charge in [0.25, 0.3) is 0 Å². The fourth-order valence-electron chi connectivity index (χ4n) is 0.744. The lowest BCUT2D eigenvalue weighted by Gasteiger charge is -2.21. The van der Waals surface area contributed by atoms with E-state index in [1.165, 1.54) is 0 Å². The molecule has 1 unspecified atom stereocenters. The Morgan fingerprint density at radius 2 is 1.50 bits per heavy atom. The maximum Gasteiger partial charge on any atom is 0.333 e. The van der Waals surface area contributed by atoms with E-state index in [9.17, 15) is 9.59 Å². The molecule has 108 valence electrons. The molecule has 1 atom stereocenters. The number of aliphatic hydroxyl groups excluding tert-OH is 2. The zero-order valence-corrected chi connectivity index (χ0v) is 11.9. The van der Waals surface area contributed by atoms with Gasteiger partial charge in [0.15, 0.2) is 6.10 Å². The lowest BCUT2D eigenvalue weighted by molar-refractivity contribution is -0.158. The fraction of sp³-hybridized carbons (Fsp3) is 0.833. The van der Waals surface area contributed by atoms with Crippen molar-refractivity contribution in [3.05, 3.63) is 0 Å². The van der Waals surface area contributed by atoms with E-state index in [0.717, 1.165) is 0 Å². The summed E-state index contributed by atoms with van der Waals surface area (Å²) in [6.07, 6.45) is -1.27. The van der Waals surface area contributed by atoms with E-state index in [1.54, 1.807) is 41.5 Å². The normalized spacial score (nSPS) is 13.1. The third-order valence-corrected chi connectivity index (χ3v) is 1.60. The van der Waals surface area contributed by atoms with Crippen molar-refractivity contribution >= 4 is 11.9 Å². The maximum atomic E-state index is 10.4. The van der Waals surface area contributed by atoms with E-state index in [2.05, 4.69) is 0 Å². The molecule has 0 fully saturated rings. The first-order chi connectivity index (χ1) is 7.81. The van der Waals surface area contributed by atoms with Gasteiger partial charge in [-0.05, 0) is 26.2 Å². The van der Waals surface area contributed by atoms with Gasteiger partial charge in [-0.15, -0.1) is 0 Å². The molecule has 0 saturated carbocycles. The minimum absolute atomic E-state index is 0.486. The van der Waals surface area contributed by atoms with Crippen molar-refractivity contribution in [3.8, 4) is 0 Å². The van der Waals surface area contributed by atoms with Crippen LogP contribution in [-0.4, -0.2) is 45.6 Å². The minimum Gasteiger partial charge on any atom is -0.479 e. The van der Waals surface area contributed by atoms with Crippen LogP contribution in [0.1, 0.15) is 41.5 Å². The number of aliphatic hydroxyl groups is 2. The quantitative estimate of drug-likeness (QED) is 0.637. The topological polar surface area (TPSA) is 104 Å². The van der Waals surface area contributed by atoms with E-state index in [0.29, 0.717) is 0 Å². The van der Waals surface area contributed by atoms with E-state index in [1.807, 2.05) is 0 Å². The van der Waals surface area contributed by atoms with Crippen LogP contribution in [0.3, 0.4) is 0 Å². The summed E-state index contributed by atoms with van der Waals surface area (Å²) in [5.74, 6) is -1.75. The minimum atomic E-state index is -1.27. The molecule has 0 aromatic carbocycles. The Bertz CT molecular complexity index is 269. The molecule has 0 bridgehead atoms. The Hall–Kier alpha value is -1.14. The molecule has 18 heavy (non-hydrogen) atoms. The molecule has 0 rings (SSSR count). The second kappa shape index (κ2) is 7.33. The summed E-state index contributed by atoms with van der Waals surface area (Å²) >= 11 is 0.